The molecule has 214 valence electrons. The summed E-state index contributed by atoms with van der Waals surface area (Å²) in [6, 6.07) is 13.0. The van der Waals surface area contributed by atoms with Crippen LogP contribution < -0.4 is 10.3 Å². The van der Waals surface area contributed by atoms with Gasteiger partial charge in [-0.2, -0.15) is 5.26 Å². The summed E-state index contributed by atoms with van der Waals surface area (Å²) in [6.07, 6.45) is 2.98. The van der Waals surface area contributed by atoms with E-state index in [2.05, 4.69) is 28.8 Å². The number of rotatable bonds is 5. The van der Waals surface area contributed by atoms with Gasteiger partial charge in [-0.15, -0.1) is 0 Å². The SMILES string of the molecule is Cc1nc2cc(-c3cn4c(n3)CN(C)CC4)c(O[C@H]3CCN4C(=O)OC[C@@H]4C3)cc2c(=O)n1Cc1ccc(C#N)cc1. The number of imidazole rings is 1. The van der Waals surface area contributed by atoms with E-state index in [-0.39, 0.29) is 23.8 Å². The maximum Gasteiger partial charge on any atom is 0.410 e. The van der Waals surface area contributed by atoms with Crippen molar-refractivity contribution in [2.75, 3.05) is 26.7 Å². The molecule has 11 nitrogen and oxygen atoms in total. The first-order chi connectivity index (χ1) is 20.4. The molecule has 3 aliphatic rings. The zero-order valence-electron chi connectivity index (χ0n) is 23.6. The van der Waals surface area contributed by atoms with Crippen molar-refractivity contribution in [1.82, 2.24) is 28.9 Å². The van der Waals surface area contributed by atoms with E-state index in [1.807, 2.05) is 31.2 Å². The van der Waals surface area contributed by atoms with Crippen LogP contribution in [0, 0.1) is 18.3 Å². The number of carbonyl (C=O) groups excluding carboxylic acids is 1. The molecular weight excluding hydrogens is 534 g/mol. The molecule has 0 bridgehead atoms. The maximum atomic E-state index is 13.9. The molecule has 0 saturated carbocycles. The van der Waals surface area contributed by atoms with Crippen molar-refractivity contribution >= 4 is 17.0 Å². The molecule has 2 aromatic carbocycles. The summed E-state index contributed by atoms with van der Waals surface area (Å²) in [5.74, 6) is 2.17. The number of fused-ring (bicyclic) bond motifs is 3. The summed E-state index contributed by atoms with van der Waals surface area (Å²) in [6.45, 7) is 5.67. The Balaban J connectivity index is 1.29. The first-order valence-electron chi connectivity index (χ1n) is 14.3. The summed E-state index contributed by atoms with van der Waals surface area (Å²) < 4.78 is 15.7. The third kappa shape index (κ3) is 4.67. The van der Waals surface area contributed by atoms with Gasteiger partial charge in [-0.1, -0.05) is 12.1 Å². The number of likely N-dealkylation sites (N-methyl/N-ethyl adjacent to an activating group) is 1. The topological polar surface area (TPSA) is 119 Å². The molecule has 5 heterocycles. The van der Waals surface area contributed by atoms with E-state index in [0.29, 0.717) is 60.6 Å². The van der Waals surface area contributed by atoms with E-state index in [0.717, 1.165) is 42.3 Å². The fourth-order valence-corrected chi connectivity index (χ4v) is 6.16. The molecule has 42 heavy (non-hydrogen) atoms. The highest BCUT2D eigenvalue weighted by atomic mass is 16.6. The highest BCUT2D eigenvalue weighted by Gasteiger charge is 2.39. The fraction of sp³-hybridized carbons (Fsp3) is 0.387. The highest BCUT2D eigenvalue weighted by Crippen LogP contribution is 2.36. The van der Waals surface area contributed by atoms with Crippen LogP contribution in [0.5, 0.6) is 5.75 Å². The van der Waals surface area contributed by atoms with Crippen LogP contribution in [-0.4, -0.2) is 73.9 Å². The van der Waals surface area contributed by atoms with Gasteiger partial charge in [-0.25, -0.2) is 14.8 Å². The molecule has 2 atom stereocenters. The van der Waals surface area contributed by atoms with Gasteiger partial charge < -0.3 is 18.9 Å². The lowest BCUT2D eigenvalue weighted by Crippen LogP contribution is -2.44. The molecule has 1 amide bonds. The van der Waals surface area contributed by atoms with Crippen molar-refractivity contribution in [2.24, 2.45) is 0 Å². The Labute approximate surface area is 242 Å². The quantitative estimate of drug-likeness (QED) is 0.362. The number of carbonyl (C=O) groups is 1. The number of ether oxygens (including phenoxy) is 2. The minimum Gasteiger partial charge on any atom is -0.490 e. The second-order valence-corrected chi connectivity index (χ2v) is 11.4. The molecule has 0 spiro atoms. The van der Waals surface area contributed by atoms with Gasteiger partial charge in [0.05, 0.1) is 47.4 Å². The molecular formula is C31H31N7O4. The third-order valence-electron chi connectivity index (χ3n) is 8.53. The van der Waals surface area contributed by atoms with Crippen LogP contribution >= 0.6 is 0 Å². The van der Waals surface area contributed by atoms with E-state index < -0.39 is 0 Å². The van der Waals surface area contributed by atoms with Gasteiger partial charge in [-0.05, 0) is 43.8 Å². The summed E-state index contributed by atoms with van der Waals surface area (Å²) in [4.78, 5) is 39.7. The van der Waals surface area contributed by atoms with Gasteiger partial charge in [-0.3, -0.25) is 14.3 Å². The number of hydrogen-bond acceptors (Lipinski definition) is 8. The lowest BCUT2D eigenvalue weighted by Gasteiger charge is -2.33. The van der Waals surface area contributed by atoms with Crippen LogP contribution in [0.15, 0.2) is 47.4 Å². The van der Waals surface area contributed by atoms with Crippen molar-refractivity contribution in [3.63, 3.8) is 0 Å². The lowest BCUT2D eigenvalue weighted by atomic mass is 10.0. The molecule has 4 aromatic rings. The van der Waals surface area contributed by atoms with Gasteiger partial charge in [0.15, 0.2) is 0 Å². The van der Waals surface area contributed by atoms with Gasteiger partial charge in [0, 0.05) is 44.2 Å². The zero-order chi connectivity index (χ0) is 29.0. The number of piperidine rings is 1. The van der Waals surface area contributed by atoms with Crippen molar-refractivity contribution in [3.8, 4) is 23.1 Å². The van der Waals surface area contributed by atoms with Crippen LogP contribution in [0.2, 0.25) is 0 Å². The standard InChI is InChI=1S/C31H31N7O4/c1-19-33-26-12-24(27-16-36-10-9-35(2)17-29(36)34-27)28(42-23-7-8-37-22(11-23)18-41-31(37)40)13-25(26)30(39)38(19)15-21-5-3-20(14-32)4-6-21/h3-6,12-13,16,22-23H,7-11,15,17-18H2,1-2H3/t22-,23-/m0/s1. The summed E-state index contributed by atoms with van der Waals surface area (Å²) in [5.41, 5.74) is 3.49. The molecule has 0 aliphatic carbocycles. The number of amides is 1. The number of hydrogen-bond donors (Lipinski definition) is 0. The number of cyclic esters (lactones) is 1. The first-order valence-corrected chi connectivity index (χ1v) is 14.3. The van der Waals surface area contributed by atoms with Crippen LogP contribution in [0.4, 0.5) is 4.79 Å². The van der Waals surface area contributed by atoms with Gasteiger partial charge in [0.1, 0.15) is 30.1 Å². The van der Waals surface area contributed by atoms with Gasteiger partial charge >= 0.3 is 6.09 Å². The van der Waals surface area contributed by atoms with Crippen LogP contribution in [0.1, 0.15) is 35.6 Å². The van der Waals surface area contributed by atoms with Crippen LogP contribution in [0.3, 0.4) is 0 Å². The van der Waals surface area contributed by atoms with Crippen molar-refractivity contribution in [1.29, 1.82) is 5.26 Å². The Morgan fingerprint density at radius 2 is 1.95 bits per heavy atom. The predicted molar refractivity (Wildman–Crippen MR) is 154 cm³/mol. The molecule has 2 aromatic heterocycles. The van der Waals surface area contributed by atoms with Crippen molar-refractivity contribution in [3.05, 3.63) is 75.7 Å². The molecule has 7 rings (SSSR count). The molecule has 2 saturated heterocycles. The number of nitrogens with zero attached hydrogens (tertiary/aromatic N) is 7. The molecule has 3 aliphatic heterocycles. The normalized spacial score (nSPS) is 20.2. The summed E-state index contributed by atoms with van der Waals surface area (Å²) in [7, 11) is 2.09. The van der Waals surface area contributed by atoms with E-state index in [1.165, 1.54) is 0 Å². The Morgan fingerprint density at radius 3 is 2.76 bits per heavy atom. The smallest absolute Gasteiger partial charge is 0.410 e. The maximum absolute atomic E-state index is 13.9. The summed E-state index contributed by atoms with van der Waals surface area (Å²) in [5, 5.41) is 9.60. The Bertz CT molecular complexity index is 1800. The third-order valence-corrected chi connectivity index (χ3v) is 8.53. The van der Waals surface area contributed by atoms with E-state index in [4.69, 9.17) is 24.7 Å². The minimum absolute atomic E-state index is 0.00965. The Hall–Kier alpha value is -4.69. The van der Waals surface area contributed by atoms with E-state index in [1.54, 1.807) is 21.6 Å². The Kier molecular flexibility index (Phi) is 6.43. The van der Waals surface area contributed by atoms with Gasteiger partial charge in [0.25, 0.3) is 5.56 Å². The fourth-order valence-electron chi connectivity index (χ4n) is 6.16. The van der Waals surface area contributed by atoms with E-state index in [9.17, 15) is 9.59 Å². The predicted octanol–water partition coefficient (Wildman–Crippen LogP) is 3.30. The highest BCUT2D eigenvalue weighted by molar-refractivity contribution is 5.87. The Morgan fingerprint density at radius 1 is 1.12 bits per heavy atom. The van der Waals surface area contributed by atoms with Crippen molar-refractivity contribution in [2.45, 2.75) is 51.5 Å². The monoisotopic (exact) mass is 565 g/mol. The lowest BCUT2D eigenvalue weighted by molar-refractivity contribution is 0.0941. The van der Waals surface area contributed by atoms with Gasteiger partial charge in [0.2, 0.25) is 0 Å². The largest absolute Gasteiger partial charge is 0.490 e. The zero-order valence-corrected chi connectivity index (χ0v) is 23.6. The molecule has 0 radical (unpaired) electrons. The minimum atomic E-state index is -0.261. The van der Waals surface area contributed by atoms with Crippen molar-refractivity contribution < 1.29 is 14.3 Å². The molecule has 2 fully saturated rings. The average Bonchev–Trinajstić information content (AvgIpc) is 3.58. The first kappa shape index (κ1) is 26.2. The summed E-state index contributed by atoms with van der Waals surface area (Å²) >= 11 is 0. The van der Waals surface area contributed by atoms with E-state index >= 15 is 0 Å². The number of benzene rings is 2. The number of nitriles is 1. The second kappa shape index (κ2) is 10.3. The van der Waals surface area contributed by atoms with Crippen LogP contribution in [0.25, 0.3) is 22.2 Å². The molecule has 0 unspecified atom stereocenters. The second-order valence-electron chi connectivity index (χ2n) is 11.4. The van der Waals surface area contributed by atoms with Crippen LogP contribution in [-0.2, 0) is 24.4 Å². The number of aromatic nitrogens is 4. The number of aryl methyl sites for hydroxylation is 1. The molecule has 0 N–H and O–H groups in total. The molecule has 11 heteroatoms. The average molecular weight is 566 g/mol.